The van der Waals surface area contributed by atoms with Crippen molar-refractivity contribution < 1.29 is 22.7 Å². The second kappa shape index (κ2) is 5.99. The molecule has 0 amide bonds. The third-order valence-electron chi connectivity index (χ3n) is 2.66. The van der Waals surface area contributed by atoms with Gasteiger partial charge in [-0.3, -0.25) is 4.79 Å². The van der Waals surface area contributed by atoms with Crippen molar-refractivity contribution in [2.24, 2.45) is 0 Å². The molecule has 0 fully saturated rings. The Hall–Kier alpha value is -1.31. The second-order valence-corrected chi connectivity index (χ2v) is 5.67. The van der Waals surface area contributed by atoms with Gasteiger partial charge in [0.25, 0.3) is 0 Å². The second-order valence-electron chi connectivity index (χ2n) is 4.83. The van der Waals surface area contributed by atoms with E-state index in [1.54, 1.807) is 26.2 Å². The van der Waals surface area contributed by atoms with Gasteiger partial charge in [-0.05, 0) is 20.8 Å². The Bertz CT molecular complexity index is 472. The summed E-state index contributed by atoms with van der Waals surface area (Å²) in [6.45, 7) is 4.12. The predicted molar refractivity (Wildman–Crippen MR) is 71.1 cm³/mol. The molecule has 0 aliphatic carbocycles. The zero-order valence-electron chi connectivity index (χ0n) is 11.7. The summed E-state index contributed by atoms with van der Waals surface area (Å²) in [6.07, 6.45) is -4.29. The zero-order valence-corrected chi connectivity index (χ0v) is 12.6. The molecule has 114 valence electrons. The summed E-state index contributed by atoms with van der Waals surface area (Å²) in [7, 11) is 1.31. The highest BCUT2D eigenvalue weighted by Crippen LogP contribution is 2.30. The van der Waals surface area contributed by atoms with Crippen molar-refractivity contribution in [2.45, 2.75) is 32.4 Å². The fourth-order valence-corrected chi connectivity index (χ4v) is 2.44. The maximum absolute atomic E-state index is 12.3. The third-order valence-corrected chi connectivity index (χ3v) is 3.62. The molecule has 0 radical (unpaired) electrons. The van der Waals surface area contributed by atoms with Crippen LogP contribution in [0, 0.1) is 0 Å². The molecule has 1 aromatic heterocycles. The van der Waals surface area contributed by atoms with Crippen molar-refractivity contribution >= 4 is 22.4 Å². The summed E-state index contributed by atoms with van der Waals surface area (Å²) in [6, 6.07) is 0. The molecule has 1 aromatic rings. The Morgan fingerprint density at radius 1 is 1.45 bits per heavy atom. The maximum atomic E-state index is 12.3. The van der Waals surface area contributed by atoms with Crippen LogP contribution in [0.5, 0.6) is 0 Å². The number of anilines is 1. The van der Waals surface area contributed by atoms with E-state index >= 15 is 0 Å². The van der Waals surface area contributed by atoms with E-state index in [2.05, 4.69) is 4.98 Å². The Balaban J connectivity index is 2.89. The number of esters is 1. The van der Waals surface area contributed by atoms with Crippen molar-refractivity contribution in [2.75, 3.05) is 25.1 Å². The standard InChI is InChI=1S/C12H17F3N2O2S/c1-5-19-9(18)11(2,3)8-6-20-10(16-8)17(4)7-12(13,14)15/h6H,5,7H2,1-4H3. The molecular weight excluding hydrogens is 293 g/mol. The molecule has 20 heavy (non-hydrogen) atoms. The Kier molecular flexibility index (Phi) is 5.01. The van der Waals surface area contributed by atoms with E-state index in [9.17, 15) is 18.0 Å². The van der Waals surface area contributed by atoms with Gasteiger partial charge in [0.2, 0.25) is 0 Å². The van der Waals surface area contributed by atoms with Gasteiger partial charge in [0.15, 0.2) is 5.13 Å². The van der Waals surface area contributed by atoms with Crippen molar-refractivity contribution in [1.29, 1.82) is 0 Å². The molecule has 0 unspecified atom stereocenters. The zero-order chi connectivity index (χ0) is 15.6. The molecule has 0 bridgehead atoms. The van der Waals surface area contributed by atoms with Crippen LogP contribution in [0.3, 0.4) is 0 Å². The Labute approximate surface area is 119 Å². The molecule has 0 atom stereocenters. The van der Waals surface area contributed by atoms with Gasteiger partial charge in [-0.1, -0.05) is 0 Å². The van der Waals surface area contributed by atoms with Crippen LogP contribution in [0.2, 0.25) is 0 Å². The predicted octanol–water partition coefficient (Wildman–Crippen LogP) is 2.98. The Morgan fingerprint density at radius 2 is 2.05 bits per heavy atom. The number of carbonyl (C=O) groups excluding carboxylic acids is 1. The first-order valence-corrected chi connectivity index (χ1v) is 6.87. The van der Waals surface area contributed by atoms with E-state index in [-0.39, 0.29) is 11.7 Å². The number of hydrogen-bond donors (Lipinski definition) is 0. The lowest BCUT2D eigenvalue weighted by molar-refractivity contribution is -0.149. The lowest BCUT2D eigenvalue weighted by Gasteiger charge is -2.20. The van der Waals surface area contributed by atoms with Gasteiger partial charge in [0, 0.05) is 12.4 Å². The highest BCUT2D eigenvalue weighted by Gasteiger charge is 2.35. The number of halogens is 3. The van der Waals surface area contributed by atoms with E-state index < -0.39 is 24.1 Å². The minimum atomic E-state index is -4.29. The molecule has 0 saturated heterocycles. The number of carbonyl (C=O) groups is 1. The van der Waals surface area contributed by atoms with Crippen molar-refractivity contribution in [1.82, 2.24) is 4.98 Å². The first-order chi connectivity index (χ1) is 9.08. The van der Waals surface area contributed by atoms with E-state index in [1.807, 2.05) is 0 Å². The molecule has 1 rings (SSSR count). The van der Waals surface area contributed by atoms with Crippen LogP contribution in [-0.2, 0) is 14.9 Å². The molecule has 0 saturated carbocycles. The molecular formula is C12H17F3N2O2S. The fraction of sp³-hybridized carbons (Fsp3) is 0.667. The topological polar surface area (TPSA) is 42.4 Å². The van der Waals surface area contributed by atoms with Gasteiger partial charge < -0.3 is 9.64 Å². The first kappa shape index (κ1) is 16.7. The van der Waals surface area contributed by atoms with Gasteiger partial charge in [0.1, 0.15) is 12.0 Å². The summed E-state index contributed by atoms with van der Waals surface area (Å²) in [5.41, 5.74) is -0.575. The minimum absolute atomic E-state index is 0.217. The molecule has 0 aliphatic heterocycles. The van der Waals surface area contributed by atoms with Crippen LogP contribution in [0.25, 0.3) is 0 Å². The number of ether oxygens (including phenoxy) is 1. The summed E-state index contributed by atoms with van der Waals surface area (Å²) in [4.78, 5) is 16.9. The Morgan fingerprint density at radius 3 is 2.55 bits per heavy atom. The molecule has 0 spiro atoms. The summed E-state index contributed by atoms with van der Waals surface area (Å²) >= 11 is 1.07. The van der Waals surface area contributed by atoms with Crippen molar-refractivity contribution in [3.8, 4) is 0 Å². The van der Waals surface area contributed by atoms with Crippen molar-refractivity contribution in [3.05, 3.63) is 11.1 Å². The van der Waals surface area contributed by atoms with Gasteiger partial charge in [-0.2, -0.15) is 13.2 Å². The summed E-state index contributed by atoms with van der Waals surface area (Å²) in [5.74, 6) is -0.449. The number of hydrogen-bond acceptors (Lipinski definition) is 5. The van der Waals surface area contributed by atoms with Crippen molar-refractivity contribution in [3.63, 3.8) is 0 Å². The number of nitrogens with zero attached hydrogens (tertiary/aromatic N) is 2. The van der Waals surface area contributed by atoms with E-state index in [0.29, 0.717) is 5.69 Å². The van der Waals surface area contributed by atoms with E-state index in [0.717, 1.165) is 16.2 Å². The monoisotopic (exact) mass is 310 g/mol. The van der Waals surface area contributed by atoms with Crippen LogP contribution >= 0.6 is 11.3 Å². The average Bonchev–Trinajstić information content (AvgIpc) is 2.76. The molecule has 0 aliphatic rings. The number of alkyl halides is 3. The summed E-state index contributed by atoms with van der Waals surface area (Å²) < 4.78 is 41.9. The van der Waals surface area contributed by atoms with Crippen LogP contribution in [0.1, 0.15) is 26.5 Å². The maximum Gasteiger partial charge on any atom is 0.405 e. The van der Waals surface area contributed by atoms with Gasteiger partial charge in [0.05, 0.1) is 12.3 Å². The third kappa shape index (κ3) is 4.09. The highest BCUT2D eigenvalue weighted by atomic mass is 32.1. The molecule has 0 aromatic carbocycles. The molecule has 4 nitrogen and oxygen atoms in total. The lowest BCUT2D eigenvalue weighted by atomic mass is 9.90. The molecule has 8 heteroatoms. The normalized spacial score (nSPS) is 12.3. The largest absolute Gasteiger partial charge is 0.465 e. The van der Waals surface area contributed by atoms with Crippen LogP contribution in [0.4, 0.5) is 18.3 Å². The van der Waals surface area contributed by atoms with E-state index in [1.165, 1.54) is 7.05 Å². The number of thiazole rings is 1. The van der Waals surface area contributed by atoms with Gasteiger partial charge in [-0.25, -0.2) is 4.98 Å². The van der Waals surface area contributed by atoms with Crippen LogP contribution < -0.4 is 4.90 Å². The van der Waals surface area contributed by atoms with Gasteiger partial charge >= 0.3 is 12.1 Å². The van der Waals surface area contributed by atoms with Gasteiger partial charge in [-0.15, -0.1) is 11.3 Å². The average molecular weight is 310 g/mol. The first-order valence-electron chi connectivity index (χ1n) is 5.99. The van der Waals surface area contributed by atoms with Crippen LogP contribution in [-0.4, -0.2) is 37.3 Å². The lowest BCUT2D eigenvalue weighted by Crippen LogP contribution is -2.33. The van der Waals surface area contributed by atoms with Crippen LogP contribution in [0.15, 0.2) is 5.38 Å². The smallest absolute Gasteiger partial charge is 0.405 e. The summed E-state index contributed by atoms with van der Waals surface area (Å²) in [5, 5.41) is 1.80. The quantitative estimate of drug-likeness (QED) is 0.784. The molecule has 1 heterocycles. The SMILES string of the molecule is CCOC(=O)C(C)(C)c1csc(N(C)CC(F)(F)F)n1. The fourth-order valence-electron chi connectivity index (χ4n) is 1.48. The molecule has 0 N–H and O–H groups in total. The van der Waals surface area contributed by atoms with E-state index in [4.69, 9.17) is 4.74 Å². The minimum Gasteiger partial charge on any atom is -0.465 e. The number of aromatic nitrogens is 1. The number of rotatable bonds is 5. The highest BCUT2D eigenvalue weighted by molar-refractivity contribution is 7.13.